The van der Waals surface area contributed by atoms with Crippen molar-refractivity contribution in [2.75, 3.05) is 26.5 Å². The Bertz CT molecular complexity index is 1100. The molecule has 0 saturated carbocycles. The number of alkyl carbamates (subject to hydrolysis) is 1. The summed E-state index contributed by atoms with van der Waals surface area (Å²) in [6.07, 6.45) is 1.32. The Balaban J connectivity index is 1.11. The van der Waals surface area contributed by atoms with Gasteiger partial charge in [0.2, 0.25) is 6.79 Å². The molecule has 2 aliphatic rings. The van der Waals surface area contributed by atoms with Crippen LogP contribution in [-0.2, 0) is 4.74 Å². The van der Waals surface area contributed by atoms with Crippen LogP contribution in [0.3, 0.4) is 0 Å². The molecule has 1 aliphatic carbocycles. The molecule has 0 atom stereocenters. The first kappa shape index (κ1) is 19.2. The molecule has 1 aliphatic heterocycles. The molecule has 3 aromatic carbocycles. The summed E-state index contributed by atoms with van der Waals surface area (Å²) in [5.74, 6) is 1.52. The van der Waals surface area contributed by atoms with Gasteiger partial charge < -0.3 is 19.5 Å². The van der Waals surface area contributed by atoms with E-state index in [1.807, 2.05) is 42.5 Å². The topological polar surface area (TPSA) is 69.2 Å². The molecule has 0 spiro atoms. The average molecular weight is 414 g/mol. The number of amides is 1. The first-order chi connectivity index (χ1) is 15.3. The number of nitrogens with zero attached hydrogens (tertiary/aromatic N) is 1. The van der Waals surface area contributed by atoms with Gasteiger partial charge in [-0.25, -0.2) is 4.79 Å². The summed E-state index contributed by atoms with van der Waals surface area (Å²) in [5.41, 5.74) is 5.75. The van der Waals surface area contributed by atoms with E-state index in [0.717, 1.165) is 17.1 Å². The molecule has 156 valence electrons. The van der Waals surface area contributed by atoms with Gasteiger partial charge in [-0.1, -0.05) is 48.5 Å². The van der Waals surface area contributed by atoms with E-state index >= 15 is 0 Å². The van der Waals surface area contributed by atoms with E-state index in [4.69, 9.17) is 14.2 Å². The molecule has 0 saturated heterocycles. The number of aliphatic imine (C=N–C) groups is 1. The fourth-order valence-electron chi connectivity index (χ4n) is 4.04. The number of carbonyl (C=O) groups excluding carboxylic acids is 1. The molecule has 3 aromatic rings. The third-order valence-electron chi connectivity index (χ3n) is 5.49. The molecule has 0 unspecified atom stereocenters. The number of nitrogens with one attached hydrogen (secondary N) is 1. The van der Waals surface area contributed by atoms with E-state index in [1.54, 1.807) is 6.21 Å². The molecule has 0 fully saturated rings. The first-order valence-electron chi connectivity index (χ1n) is 10.3. The van der Waals surface area contributed by atoms with Crippen molar-refractivity contribution in [2.24, 2.45) is 4.99 Å². The zero-order chi connectivity index (χ0) is 21.0. The summed E-state index contributed by atoms with van der Waals surface area (Å²) in [6, 6.07) is 22.2. The first-order valence-corrected chi connectivity index (χ1v) is 10.3. The highest BCUT2D eigenvalue weighted by Gasteiger charge is 2.28. The van der Waals surface area contributed by atoms with Gasteiger partial charge in [0.15, 0.2) is 11.5 Å². The second-order valence-corrected chi connectivity index (χ2v) is 7.40. The molecule has 0 radical (unpaired) electrons. The second-order valence-electron chi connectivity index (χ2n) is 7.40. The number of hydrogen-bond acceptors (Lipinski definition) is 5. The Hall–Kier alpha value is -3.80. The standard InChI is InChI=1S/C25H22N2O4/c28-25(27-12-11-26-14-17-9-10-23-24(13-17)31-16-30-23)29-15-22-20-7-3-1-5-18(20)19-6-2-4-8-21(19)22/h1-10,13-14,22H,11-12,15-16H2,(H,27,28). The quantitative estimate of drug-likeness (QED) is 0.480. The van der Waals surface area contributed by atoms with Crippen LogP contribution in [0.1, 0.15) is 22.6 Å². The maximum Gasteiger partial charge on any atom is 0.407 e. The van der Waals surface area contributed by atoms with Crippen molar-refractivity contribution in [2.45, 2.75) is 5.92 Å². The molecular formula is C25H22N2O4. The SMILES string of the molecule is O=C(NCCN=Cc1ccc2c(c1)OCO2)OCC1c2ccccc2-c2ccccc21. The van der Waals surface area contributed by atoms with Gasteiger partial charge in [0.25, 0.3) is 0 Å². The van der Waals surface area contributed by atoms with Gasteiger partial charge in [-0.3, -0.25) is 4.99 Å². The van der Waals surface area contributed by atoms with Gasteiger partial charge in [-0.05, 0) is 46.0 Å². The summed E-state index contributed by atoms with van der Waals surface area (Å²) < 4.78 is 16.2. The minimum absolute atomic E-state index is 0.0576. The van der Waals surface area contributed by atoms with Crippen molar-refractivity contribution >= 4 is 12.3 Å². The fourth-order valence-corrected chi connectivity index (χ4v) is 4.04. The lowest BCUT2D eigenvalue weighted by Gasteiger charge is -2.14. The number of carbonyl (C=O) groups is 1. The monoisotopic (exact) mass is 414 g/mol. The van der Waals surface area contributed by atoms with Crippen LogP contribution < -0.4 is 14.8 Å². The summed E-state index contributed by atoms with van der Waals surface area (Å²) in [7, 11) is 0. The lowest BCUT2D eigenvalue weighted by Crippen LogP contribution is -2.28. The summed E-state index contributed by atoms with van der Waals surface area (Å²) in [6.45, 7) is 1.41. The van der Waals surface area contributed by atoms with E-state index in [2.05, 4.69) is 34.6 Å². The Kier molecular flexibility index (Phi) is 5.27. The lowest BCUT2D eigenvalue weighted by molar-refractivity contribution is 0.143. The van der Waals surface area contributed by atoms with Gasteiger partial charge in [-0.2, -0.15) is 0 Å². The Morgan fingerprint density at radius 1 is 1.00 bits per heavy atom. The zero-order valence-electron chi connectivity index (χ0n) is 16.9. The van der Waals surface area contributed by atoms with Crippen molar-refractivity contribution < 1.29 is 19.0 Å². The highest BCUT2D eigenvalue weighted by molar-refractivity contribution is 5.81. The molecule has 1 amide bonds. The molecule has 5 rings (SSSR count). The fraction of sp³-hybridized carbons (Fsp3) is 0.200. The third-order valence-corrected chi connectivity index (χ3v) is 5.49. The maximum atomic E-state index is 12.2. The number of benzene rings is 3. The Morgan fingerprint density at radius 3 is 2.48 bits per heavy atom. The van der Waals surface area contributed by atoms with E-state index in [0.29, 0.717) is 19.7 Å². The Labute approximate surface area is 180 Å². The van der Waals surface area contributed by atoms with Crippen LogP contribution >= 0.6 is 0 Å². The minimum Gasteiger partial charge on any atom is -0.454 e. The highest BCUT2D eigenvalue weighted by Crippen LogP contribution is 2.44. The van der Waals surface area contributed by atoms with Crippen LogP contribution in [-0.4, -0.2) is 38.8 Å². The van der Waals surface area contributed by atoms with E-state index in [9.17, 15) is 4.79 Å². The van der Waals surface area contributed by atoms with Crippen molar-refractivity contribution in [3.8, 4) is 22.6 Å². The molecule has 1 N–H and O–H groups in total. The molecule has 6 heteroatoms. The van der Waals surface area contributed by atoms with Gasteiger partial charge in [0, 0.05) is 18.7 Å². The largest absolute Gasteiger partial charge is 0.454 e. The van der Waals surface area contributed by atoms with E-state index < -0.39 is 6.09 Å². The van der Waals surface area contributed by atoms with Crippen molar-refractivity contribution in [1.29, 1.82) is 0 Å². The normalized spacial score (nSPS) is 13.8. The van der Waals surface area contributed by atoms with Crippen LogP contribution in [0.25, 0.3) is 11.1 Å². The average Bonchev–Trinajstić information content (AvgIpc) is 3.40. The molecule has 1 heterocycles. The predicted octanol–water partition coefficient (Wildman–Crippen LogP) is 4.37. The second kappa shape index (κ2) is 8.52. The van der Waals surface area contributed by atoms with Crippen molar-refractivity contribution in [1.82, 2.24) is 5.32 Å². The van der Waals surface area contributed by atoms with Crippen molar-refractivity contribution in [3.63, 3.8) is 0 Å². The van der Waals surface area contributed by atoms with Crippen LogP contribution in [0.4, 0.5) is 4.79 Å². The van der Waals surface area contributed by atoms with Gasteiger partial charge in [-0.15, -0.1) is 0 Å². The smallest absolute Gasteiger partial charge is 0.407 e. The molecule has 0 aromatic heterocycles. The molecule has 31 heavy (non-hydrogen) atoms. The van der Waals surface area contributed by atoms with E-state index in [1.165, 1.54) is 22.3 Å². The summed E-state index contributed by atoms with van der Waals surface area (Å²) >= 11 is 0. The van der Waals surface area contributed by atoms with Crippen LogP contribution in [0.2, 0.25) is 0 Å². The maximum absolute atomic E-state index is 12.2. The molecule has 6 nitrogen and oxygen atoms in total. The van der Waals surface area contributed by atoms with Gasteiger partial charge in [0.1, 0.15) is 6.61 Å². The van der Waals surface area contributed by atoms with Crippen LogP contribution in [0, 0.1) is 0 Å². The van der Waals surface area contributed by atoms with Gasteiger partial charge >= 0.3 is 6.09 Å². The number of ether oxygens (including phenoxy) is 3. The van der Waals surface area contributed by atoms with Gasteiger partial charge in [0.05, 0.1) is 6.54 Å². The minimum atomic E-state index is -0.430. The summed E-state index contributed by atoms with van der Waals surface area (Å²) in [5, 5.41) is 2.76. The predicted molar refractivity (Wildman–Crippen MR) is 118 cm³/mol. The van der Waals surface area contributed by atoms with E-state index in [-0.39, 0.29) is 12.7 Å². The van der Waals surface area contributed by atoms with Crippen molar-refractivity contribution in [3.05, 3.63) is 83.4 Å². The molecular weight excluding hydrogens is 392 g/mol. The third kappa shape index (κ3) is 3.97. The highest BCUT2D eigenvalue weighted by atomic mass is 16.7. The summed E-state index contributed by atoms with van der Waals surface area (Å²) in [4.78, 5) is 16.5. The number of hydrogen-bond donors (Lipinski definition) is 1. The lowest BCUT2D eigenvalue weighted by atomic mass is 9.98. The number of rotatable bonds is 6. The van der Waals surface area contributed by atoms with Crippen LogP contribution in [0.5, 0.6) is 11.5 Å². The van der Waals surface area contributed by atoms with Crippen LogP contribution in [0.15, 0.2) is 71.7 Å². The Morgan fingerprint density at radius 2 is 1.71 bits per heavy atom. The molecule has 0 bridgehead atoms. The zero-order valence-corrected chi connectivity index (χ0v) is 16.9. The number of fused-ring (bicyclic) bond motifs is 4.